The number of esters is 1. The number of fused-ring (bicyclic) bond motifs is 1. The van der Waals surface area contributed by atoms with Crippen molar-refractivity contribution in [3.63, 3.8) is 0 Å². The van der Waals surface area contributed by atoms with E-state index in [1.165, 1.54) is 34.7 Å². The van der Waals surface area contributed by atoms with E-state index >= 15 is 0 Å². The van der Waals surface area contributed by atoms with E-state index in [-0.39, 0.29) is 17.7 Å². The van der Waals surface area contributed by atoms with Crippen LogP contribution < -0.4 is 5.56 Å². The van der Waals surface area contributed by atoms with Crippen LogP contribution in [0.2, 0.25) is 0 Å². The summed E-state index contributed by atoms with van der Waals surface area (Å²) < 4.78 is 31.2. The number of ether oxygens (including phenoxy) is 1. The lowest BCUT2D eigenvalue weighted by Gasteiger charge is -2.07. The molecule has 0 amide bonds. The molecule has 0 atom stereocenters. The van der Waals surface area contributed by atoms with E-state index in [9.17, 15) is 18.4 Å². The number of halogens is 2. The Bertz CT molecular complexity index is 1000. The maximum Gasteiger partial charge on any atom is 0.338 e. The minimum atomic E-state index is -2.52. The van der Waals surface area contributed by atoms with E-state index in [4.69, 9.17) is 4.74 Å². The number of benzene rings is 1. The standard InChI is InChI=1S/C18H14F2N2O3S/c1-11-2-7-15-21-13(8-16(23)22(15)9-11)10-25-17(24)12-3-5-14(6-4-12)26-18(19)20/h2-9,18H,10H2,1H3. The largest absolute Gasteiger partial charge is 0.456 e. The van der Waals surface area contributed by atoms with E-state index in [0.29, 0.717) is 28.0 Å². The molecule has 2 heterocycles. The van der Waals surface area contributed by atoms with E-state index in [0.717, 1.165) is 5.56 Å². The zero-order valence-electron chi connectivity index (χ0n) is 13.7. The zero-order valence-corrected chi connectivity index (χ0v) is 14.5. The monoisotopic (exact) mass is 376 g/mol. The molecule has 0 spiro atoms. The fraction of sp³-hybridized carbons (Fsp3) is 0.167. The van der Waals surface area contributed by atoms with Crippen molar-refractivity contribution in [3.05, 3.63) is 75.8 Å². The molecular formula is C18H14F2N2O3S. The number of thioether (sulfide) groups is 1. The number of pyridine rings is 1. The first kappa shape index (κ1) is 18.1. The van der Waals surface area contributed by atoms with Crippen LogP contribution in [0.15, 0.2) is 58.4 Å². The minimum Gasteiger partial charge on any atom is -0.456 e. The van der Waals surface area contributed by atoms with Crippen molar-refractivity contribution in [2.24, 2.45) is 0 Å². The summed E-state index contributed by atoms with van der Waals surface area (Å²) in [7, 11) is 0. The highest BCUT2D eigenvalue weighted by Crippen LogP contribution is 2.25. The van der Waals surface area contributed by atoms with Crippen LogP contribution in [-0.2, 0) is 11.3 Å². The molecule has 0 aliphatic carbocycles. The molecule has 0 radical (unpaired) electrons. The Hall–Kier alpha value is -2.74. The van der Waals surface area contributed by atoms with Crippen LogP contribution in [0.5, 0.6) is 0 Å². The third-order valence-corrected chi connectivity index (χ3v) is 4.25. The van der Waals surface area contributed by atoms with Gasteiger partial charge in [0.1, 0.15) is 12.3 Å². The number of hydrogen-bond acceptors (Lipinski definition) is 5. The minimum absolute atomic E-state index is 0.161. The Morgan fingerprint density at radius 2 is 1.96 bits per heavy atom. The molecule has 0 saturated carbocycles. The number of aryl methyl sites for hydroxylation is 1. The van der Waals surface area contributed by atoms with Crippen molar-refractivity contribution in [1.82, 2.24) is 9.38 Å². The summed E-state index contributed by atoms with van der Waals surface area (Å²) >= 11 is 0.400. The molecule has 2 aromatic heterocycles. The van der Waals surface area contributed by atoms with E-state index in [1.54, 1.807) is 12.3 Å². The highest BCUT2D eigenvalue weighted by Gasteiger charge is 2.11. The van der Waals surface area contributed by atoms with Gasteiger partial charge < -0.3 is 4.74 Å². The van der Waals surface area contributed by atoms with Gasteiger partial charge in [-0.3, -0.25) is 9.20 Å². The summed E-state index contributed by atoms with van der Waals surface area (Å²) in [6, 6.07) is 10.5. The maximum atomic E-state index is 12.3. The summed E-state index contributed by atoms with van der Waals surface area (Å²) in [4.78, 5) is 28.8. The second-order valence-corrected chi connectivity index (χ2v) is 6.56. The van der Waals surface area contributed by atoms with E-state index < -0.39 is 11.7 Å². The van der Waals surface area contributed by atoms with Gasteiger partial charge in [0.2, 0.25) is 0 Å². The Labute approximate surface area is 151 Å². The fourth-order valence-corrected chi connectivity index (χ4v) is 2.83. The molecule has 1 aromatic carbocycles. The molecule has 134 valence electrons. The number of rotatable bonds is 5. The third-order valence-electron chi connectivity index (χ3n) is 3.53. The van der Waals surface area contributed by atoms with Crippen molar-refractivity contribution in [2.75, 3.05) is 0 Å². The molecule has 0 fully saturated rings. The topological polar surface area (TPSA) is 60.7 Å². The van der Waals surface area contributed by atoms with E-state index in [1.807, 2.05) is 13.0 Å². The first-order valence-electron chi connectivity index (χ1n) is 7.63. The van der Waals surface area contributed by atoms with E-state index in [2.05, 4.69) is 4.98 Å². The van der Waals surface area contributed by atoms with Crippen LogP contribution >= 0.6 is 11.8 Å². The Balaban J connectivity index is 1.70. The summed E-state index contributed by atoms with van der Waals surface area (Å²) in [5.74, 6) is -3.14. The maximum absolute atomic E-state index is 12.3. The molecule has 0 bridgehead atoms. The van der Waals surface area contributed by atoms with Gasteiger partial charge in [-0.25, -0.2) is 9.78 Å². The number of aromatic nitrogens is 2. The third kappa shape index (κ3) is 4.26. The summed E-state index contributed by atoms with van der Waals surface area (Å²) in [5, 5.41) is 0. The Morgan fingerprint density at radius 3 is 2.65 bits per heavy atom. The highest BCUT2D eigenvalue weighted by molar-refractivity contribution is 7.99. The van der Waals surface area contributed by atoms with Crippen LogP contribution in [0.3, 0.4) is 0 Å². The zero-order chi connectivity index (χ0) is 18.7. The molecule has 3 aromatic rings. The normalized spacial score (nSPS) is 11.1. The molecule has 0 saturated heterocycles. The average molecular weight is 376 g/mol. The molecule has 5 nitrogen and oxygen atoms in total. The predicted molar refractivity (Wildman–Crippen MR) is 93.6 cm³/mol. The van der Waals surface area contributed by atoms with Gasteiger partial charge in [0.15, 0.2) is 0 Å². The van der Waals surface area contributed by atoms with Crippen molar-refractivity contribution < 1.29 is 18.3 Å². The Morgan fingerprint density at radius 1 is 1.23 bits per heavy atom. The first-order chi connectivity index (χ1) is 12.4. The SMILES string of the molecule is Cc1ccc2nc(COC(=O)c3ccc(SC(F)F)cc3)cc(=O)n2c1. The second kappa shape index (κ2) is 7.65. The molecule has 26 heavy (non-hydrogen) atoms. The van der Waals surface area contributed by atoms with Gasteiger partial charge in [0.25, 0.3) is 11.3 Å². The van der Waals surface area contributed by atoms with Crippen LogP contribution in [0.1, 0.15) is 21.6 Å². The number of carbonyl (C=O) groups is 1. The summed E-state index contributed by atoms with van der Waals surface area (Å²) in [6.07, 6.45) is 1.68. The van der Waals surface area contributed by atoms with Gasteiger partial charge >= 0.3 is 5.97 Å². The number of alkyl halides is 2. The number of nitrogens with zero attached hydrogens (tertiary/aromatic N) is 2. The molecule has 0 aliphatic rings. The van der Waals surface area contributed by atoms with Gasteiger partial charge in [-0.05, 0) is 42.8 Å². The highest BCUT2D eigenvalue weighted by atomic mass is 32.2. The van der Waals surface area contributed by atoms with Crippen LogP contribution in [-0.4, -0.2) is 21.1 Å². The second-order valence-electron chi connectivity index (χ2n) is 5.50. The van der Waals surface area contributed by atoms with Crippen LogP contribution in [0.25, 0.3) is 5.65 Å². The fourth-order valence-electron chi connectivity index (χ4n) is 2.33. The lowest BCUT2D eigenvalue weighted by Crippen LogP contribution is -2.16. The molecule has 0 N–H and O–H groups in total. The number of carbonyl (C=O) groups excluding carboxylic acids is 1. The van der Waals surface area contributed by atoms with Crippen LogP contribution in [0.4, 0.5) is 8.78 Å². The first-order valence-corrected chi connectivity index (χ1v) is 8.51. The van der Waals surface area contributed by atoms with Crippen molar-refractivity contribution in [3.8, 4) is 0 Å². The lowest BCUT2D eigenvalue weighted by atomic mass is 10.2. The predicted octanol–water partition coefficient (Wildman–Crippen LogP) is 3.67. The van der Waals surface area contributed by atoms with Gasteiger partial charge in [-0.2, -0.15) is 8.78 Å². The van der Waals surface area contributed by atoms with Crippen molar-refractivity contribution in [1.29, 1.82) is 0 Å². The van der Waals surface area contributed by atoms with Crippen LogP contribution in [0, 0.1) is 6.92 Å². The molecule has 3 rings (SSSR count). The van der Waals surface area contributed by atoms with Crippen molar-refractivity contribution >= 4 is 23.4 Å². The number of hydrogen-bond donors (Lipinski definition) is 0. The summed E-state index contributed by atoms with van der Waals surface area (Å²) in [5.41, 5.74) is 1.68. The lowest BCUT2D eigenvalue weighted by molar-refractivity contribution is 0.0467. The summed E-state index contributed by atoms with van der Waals surface area (Å²) in [6.45, 7) is 1.71. The average Bonchev–Trinajstić information content (AvgIpc) is 2.60. The van der Waals surface area contributed by atoms with Crippen molar-refractivity contribution in [2.45, 2.75) is 24.2 Å². The smallest absolute Gasteiger partial charge is 0.338 e. The Kier molecular flexibility index (Phi) is 5.32. The quantitative estimate of drug-likeness (QED) is 0.502. The van der Waals surface area contributed by atoms with Gasteiger partial charge in [0, 0.05) is 17.2 Å². The molecular weight excluding hydrogens is 362 g/mol. The van der Waals surface area contributed by atoms with Gasteiger partial charge in [-0.15, -0.1) is 0 Å². The van der Waals surface area contributed by atoms with Gasteiger partial charge in [-0.1, -0.05) is 17.8 Å². The molecule has 0 unspecified atom stereocenters. The molecule has 0 aliphatic heterocycles. The van der Waals surface area contributed by atoms with Gasteiger partial charge in [0.05, 0.1) is 11.3 Å². The molecule has 8 heteroatoms.